The Labute approximate surface area is 92.1 Å². The molecule has 1 atom stereocenters. The van der Waals surface area contributed by atoms with E-state index in [1.54, 1.807) is 16.2 Å². The number of carbonyl (C=O) groups is 1. The van der Waals surface area contributed by atoms with E-state index in [2.05, 4.69) is 10.4 Å². The summed E-state index contributed by atoms with van der Waals surface area (Å²) in [5.41, 5.74) is 6.90. The first-order valence-corrected chi connectivity index (χ1v) is 6.13. The van der Waals surface area contributed by atoms with Crippen LogP contribution in [0.2, 0.25) is 0 Å². The van der Waals surface area contributed by atoms with Gasteiger partial charge < -0.3 is 5.73 Å². The fourth-order valence-corrected chi connectivity index (χ4v) is 2.82. The van der Waals surface area contributed by atoms with Crippen molar-refractivity contribution in [2.75, 3.05) is 11.4 Å². The van der Waals surface area contributed by atoms with E-state index in [-0.39, 0.29) is 11.9 Å². The Bertz CT molecular complexity index is 399. The third kappa shape index (κ3) is 1.66. The number of nitrogens with zero attached hydrogens (tertiary/aromatic N) is 2. The van der Waals surface area contributed by atoms with Crippen molar-refractivity contribution < 1.29 is 4.79 Å². The van der Waals surface area contributed by atoms with Gasteiger partial charge >= 0.3 is 0 Å². The van der Waals surface area contributed by atoms with Crippen LogP contribution >= 0.6 is 11.3 Å². The Balaban J connectivity index is 1.82. The Morgan fingerprint density at radius 3 is 2.93 bits per heavy atom. The van der Waals surface area contributed by atoms with E-state index >= 15 is 0 Å². The molecule has 2 aliphatic rings. The van der Waals surface area contributed by atoms with Crippen molar-refractivity contribution in [3.05, 3.63) is 11.1 Å². The lowest BCUT2D eigenvalue weighted by Crippen LogP contribution is -2.27. The van der Waals surface area contributed by atoms with Gasteiger partial charge in [-0.05, 0) is 12.8 Å². The minimum Gasteiger partial charge on any atom is -0.326 e. The average Bonchev–Trinajstić information content (AvgIpc) is 2.83. The molecule has 1 unspecified atom stereocenters. The van der Waals surface area contributed by atoms with E-state index < -0.39 is 0 Å². The molecule has 1 aromatic heterocycles. The highest BCUT2D eigenvalue weighted by Gasteiger charge is 2.32. The van der Waals surface area contributed by atoms with Crippen molar-refractivity contribution in [2.24, 2.45) is 5.73 Å². The number of anilines is 1. The van der Waals surface area contributed by atoms with Gasteiger partial charge in [0.25, 0.3) is 0 Å². The summed E-state index contributed by atoms with van der Waals surface area (Å²) < 4.78 is 0. The predicted octanol–water partition coefficient (Wildman–Crippen LogP) is 1.08. The second kappa shape index (κ2) is 3.28. The highest BCUT2D eigenvalue weighted by molar-refractivity contribution is 7.14. The Kier molecular flexibility index (Phi) is 2.03. The minimum atomic E-state index is -0.0224. The smallest absolute Gasteiger partial charge is 0.230 e. The van der Waals surface area contributed by atoms with Crippen LogP contribution in [0.25, 0.3) is 0 Å². The normalized spacial score (nSPS) is 26.3. The minimum absolute atomic E-state index is 0.0224. The van der Waals surface area contributed by atoms with Crippen molar-refractivity contribution in [1.29, 1.82) is 0 Å². The highest BCUT2D eigenvalue weighted by atomic mass is 32.1. The molecule has 0 radical (unpaired) electrons. The van der Waals surface area contributed by atoms with Gasteiger partial charge in [0.2, 0.25) is 5.91 Å². The second-order valence-electron chi connectivity index (χ2n) is 4.30. The number of rotatable bonds is 2. The van der Waals surface area contributed by atoms with E-state index in [0.717, 1.165) is 10.8 Å². The summed E-state index contributed by atoms with van der Waals surface area (Å²) in [4.78, 5) is 17.8. The van der Waals surface area contributed by atoms with Crippen LogP contribution in [0.5, 0.6) is 0 Å². The molecule has 1 amide bonds. The molecule has 80 valence electrons. The van der Waals surface area contributed by atoms with Crippen molar-refractivity contribution in [2.45, 2.75) is 31.2 Å². The SMILES string of the molecule is NC1CC(=O)N(c2nc(C3CC3)cs2)C1. The number of hydrogen-bond donors (Lipinski definition) is 1. The third-order valence-corrected chi connectivity index (χ3v) is 3.77. The van der Waals surface area contributed by atoms with Crippen LogP contribution in [-0.2, 0) is 4.79 Å². The fraction of sp³-hybridized carbons (Fsp3) is 0.600. The van der Waals surface area contributed by atoms with Gasteiger partial charge in [-0.15, -0.1) is 11.3 Å². The molecule has 0 spiro atoms. The van der Waals surface area contributed by atoms with Gasteiger partial charge in [-0.1, -0.05) is 0 Å². The van der Waals surface area contributed by atoms with Crippen LogP contribution in [0, 0.1) is 0 Å². The van der Waals surface area contributed by atoms with Crippen LogP contribution in [0.4, 0.5) is 5.13 Å². The Morgan fingerprint density at radius 1 is 1.53 bits per heavy atom. The molecule has 3 rings (SSSR count). The molecular weight excluding hydrogens is 210 g/mol. The zero-order chi connectivity index (χ0) is 10.4. The predicted molar refractivity (Wildman–Crippen MR) is 59.0 cm³/mol. The maximum absolute atomic E-state index is 11.6. The quantitative estimate of drug-likeness (QED) is 0.816. The number of amides is 1. The summed E-state index contributed by atoms with van der Waals surface area (Å²) in [5.74, 6) is 0.764. The molecule has 2 heterocycles. The number of aromatic nitrogens is 1. The lowest BCUT2D eigenvalue weighted by molar-refractivity contribution is -0.117. The van der Waals surface area contributed by atoms with Crippen LogP contribution in [0.3, 0.4) is 0 Å². The Hall–Kier alpha value is -0.940. The number of nitrogens with two attached hydrogens (primary N) is 1. The van der Waals surface area contributed by atoms with E-state index in [9.17, 15) is 4.79 Å². The van der Waals surface area contributed by atoms with E-state index in [0.29, 0.717) is 18.9 Å². The standard InChI is InChI=1S/C10H13N3OS/c11-7-3-9(14)13(4-7)10-12-8(5-15-10)6-1-2-6/h5-7H,1-4,11H2. The lowest BCUT2D eigenvalue weighted by atomic mass is 10.3. The van der Waals surface area contributed by atoms with Gasteiger partial charge in [0.05, 0.1) is 5.69 Å². The summed E-state index contributed by atoms with van der Waals surface area (Å²) >= 11 is 1.56. The molecular formula is C10H13N3OS. The van der Waals surface area contributed by atoms with E-state index in [1.807, 2.05) is 0 Å². The third-order valence-electron chi connectivity index (χ3n) is 2.89. The average molecular weight is 223 g/mol. The zero-order valence-electron chi connectivity index (χ0n) is 8.35. The summed E-state index contributed by atoms with van der Waals surface area (Å²) in [6.07, 6.45) is 2.95. The molecule has 1 aliphatic carbocycles. The van der Waals surface area contributed by atoms with Gasteiger partial charge in [-0.2, -0.15) is 0 Å². The van der Waals surface area contributed by atoms with Crippen molar-refractivity contribution in [3.8, 4) is 0 Å². The topological polar surface area (TPSA) is 59.2 Å². The van der Waals surface area contributed by atoms with Gasteiger partial charge in [0, 0.05) is 30.3 Å². The molecule has 5 heteroatoms. The van der Waals surface area contributed by atoms with Gasteiger partial charge in [0.15, 0.2) is 5.13 Å². The first-order chi connectivity index (χ1) is 7.24. The molecule has 0 bridgehead atoms. The highest BCUT2D eigenvalue weighted by Crippen LogP contribution is 2.41. The largest absolute Gasteiger partial charge is 0.326 e. The number of thiazole rings is 1. The summed E-state index contributed by atoms with van der Waals surface area (Å²) in [6, 6.07) is -0.0224. The summed E-state index contributed by atoms with van der Waals surface area (Å²) in [7, 11) is 0. The molecule has 2 N–H and O–H groups in total. The van der Waals surface area contributed by atoms with Crippen LogP contribution in [0.1, 0.15) is 30.9 Å². The Morgan fingerprint density at radius 2 is 2.33 bits per heavy atom. The molecule has 15 heavy (non-hydrogen) atoms. The maximum atomic E-state index is 11.6. The lowest BCUT2D eigenvalue weighted by Gasteiger charge is -2.11. The summed E-state index contributed by atoms with van der Waals surface area (Å²) in [6.45, 7) is 0.621. The van der Waals surface area contributed by atoms with Gasteiger partial charge in [-0.3, -0.25) is 9.69 Å². The second-order valence-corrected chi connectivity index (χ2v) is 5.13. The molecule has 1 aliphatic heterocycles. The maximum Gasteiger partial charge on any atom is 0.230 e. The number of carbonyl (C=O) groups excluding carboxylic acids is 1. The molecule has 2 fully saturated rings. The van der Waals surface area contributed by atoms with Crippen LogP contribution < -0.4 is 10.6 Å². The van der Waals surface area contributed by atoms with Crippen LogP contribution in [0.15, 0.2) is 5.38 Å². The summed E-state index contributed by atoms with van der Waals surface area (Å²) in [5, 5.41) is 2.90. The number of hydrogen-bond acceptors (Lipinski definition) is 4. The molecule has 1 aromatic rings. The molecule has 1 saturated carbocycles. The first kappa shape index (κ1) is 9.30. The van der Waals surface area contributed by atoms with Gasteiger partial charge in [-0.25, -0.2) is 4.98 Å². The monoisotopic (exact) mass is 223 g/mol. The molecule has 0 aromatic carbocycles. The fourth-order valence-electron chi connectivity index (χ4n) is 1.89. The first-order valence-electron chi connectivity index (χ1n) is 5.25. The molecule has 1 saturated heterocycles. The van der Waals surface area contributed by atoms with Crippen LogP contribution in [-0.4, -0.2) is 23.5 Å². The van der Waals surface area contributed by atoms with E-state index in [1.165, 1.54) is 12.8 Å². The van der Waals surface area contributed by atoms with Crippen molar-refractivity contribution in [1.82, 2.24) is 4.98 Å². The van der Waals surface area contributed by atoms with Gasteiger partial charge in [0.1, 0.15) is 0 Å². The van der Waals surface area contributed by atoms with Crippen molar-refractivity contribution in [3.63, 3.8) is 0 Å². The molecule has 4 nitrogen and oxygen atoms in total. The van der Waals surface area contributed by atoms with E-state index in [4.69, 9.17) is 5.73 Å². The zero-order valence-corrected chi connectivity index (χ0v) is 9.17. The van der Waals surface area contributed by atoms with Crippen molar-refractivity contribution >= 4 is 22.4 Å².